The van der Waals surface area contributed by atoms with E-state index in [1.54, 1.807) is 6.92 Å². The van der Waals surface area contributed by atoms with Gasteiger partial charge in [-0.15, -0.1) is 0 Å². The SMILES string of the molecule is CC(CNC(=O)C(C)Oc1ccccc1C(F)(F)F)CC(=O)O. The van der Waals surface area contributed by atoms with Gasteiger partial charge in [-0.25, -0.2) is 0 Å². The smallest absolute Gasteiger partial charge is 0.419 e. The third-order valence-corrected chi connectivity index (χ3v) is 3.01. The van der Waals surface area contributed by atoms with Gasteiger partial charge in [0.2, 0.25) is 0 Å². The maximum Gasteiger partial charge on any atom is 0.419 e. The van der Waals surface area contributed by atoms with E-state index in [-0.39, 0.29) is 18.9 Å². The van der Waals surface area contributed by atoms with Gasteiger partial charge in [0, 0.05) is 13.0 Å². The van der Waals surface area contributed by atoms with E-state index in [4.69, 9.17) is 9.84 Å². The lowest BCUT2D eigenvalue weighted by Crippen LogP contribution is -2.39. The number of hydrogen-bond donors (Lipinski definition) is 2. The molecule has 5 nitrogen and oxygen atoms in total. The Bertz CT molecular complexity index is 560. The number of halogens is 3. The third kappa shape index (κ3) is 6.17. The Morgan fingerprint density at radius 1 is 1.26 bits per heavy atom. The van der Waals surface area contributed by atoms with Crippen molar-refractivity contribution in [3.63, 3.8) is 0 Å². The van der Waals surface area contributed by atoms with E-state index in [9.17, 15) is 22.8 Å². The van der Waals surface area contributed by atoms with E-state index >= 15 is 0 Å². The molecule has 2 N–H and O–H groups in total. The minimum atomic E-state index is -4.58. The van der Waals surface area contributed by atoms with Gasteiger partial charge in [-0.05, 0) is 25.0 Å². The number of rotatable bonds is 7. The fourth-order valence-electron chi connectivity index (χ4n) is 1.84. The van der Waals surface area contributed by atoms with Crippen LogP contribution in [0.4, 0.5) is 13.2 Å². The van der Waals surface area contributed by atoms with E-state index < -0.39 is 35.5 Å². The molecule has 23 heavy (non-hydrogen) atoms. The standard InChI is InChI=1S/C15H18F3NO4/c1-9(7-13(20)21)8-19-14(22)10(2)23-12-6-4-3-5-11(12)15(16,17)18/h3-6,9-10H,7-8H2,1-2H3,(H,19,22)(H,20,21). The zero-order chi connectivity index (χ0) is 17.6. The topological polar surface area (TPSA) is 75.6 Å². The second-order valence-electron chi connectivity index (χ2n) is 5.20. The third-order valence-electron chi connectivity index (χ3n) is 3.01. The second kappa shape index (κ2) is 7.85. The Morgan fingerprint density at radius 2 is 1.87 bits per heavy atom. The van der Waals surface area contributed by atoms with Crippen molar-refractivity contribution >= 4 is 11.9 Å². The minimum absolute atomic E-state index is 0.0970. The number of aliphatic carboxylic acids is 1. The van der Waals surface area contributed by atoms with Crippen molar-refractivity contribution in [2.24, 2.45) is 5.92 Å². The lowest BCUT2D eigenvalue weighted by atomic mass is 10.1. The average Bonchev–Trinajstić information content (AvgIpc) is 2.43. The van der Waals surface area contributed by atoms with Gasteiger partial charge in [-0.3, -0.25) is 9.59 Å². The number of carbonyl (C=O) groups is 2. The molecule has 1 aromatic carbocycles. The van der Waals surface area contributed by atoms with E-state index in [0.29, 0.717) is 0 Å². The summed E-state index contributed by atoms with van der Waals surface area (Å²) in [6.45, 7) is 3.06. The highest BCUT2D eigenvalue weighted by molar-refractivity contribution is 5.80. The molecular formula is C15H18F3NO4. The van der Waals surface area contributed by atoms with Crippen molar-refractivity contribution < 1.29 is 32.6 Å². The number of amides is 1. The van der Waals surface area contributed by atoms with Crippen molar-refractivity contribution in [2.75, 3.05) is 6.54 Å². The molecule has 0 spiro atoms. The van der Waals surface area contributed by atoms with Crippen LogP contribution in [0.2, 0.25) is 0 Å². The van der Waals surface area contributed by atoms with E-state index in [0.717, 1.165) is 12.1 Å². The van der Waals surface area contributed by atoms with Gasteiger partial charge >= 0.3 is 12.1 Å². The number of hydrogen-bond acceptors (Lipinski definition) is 3. The number of carboxylic acids is 1. The number of nitrogens with one attached hydrogen (secondary N) is 1. The van der Waals surface area contributed by atoms with Gasteiger partial charge < -0.3 is 15.2 Å². The quantitative estimate of drug-likeness (QED) is 0.804. The van der Waals surface area contributed by atoms with Crippen molar-refractivity contribution in [1.29, 1.82) is 0 Å². The van der Waals surface area contributed by atoms with Crippen LogP contribution < -0.4 is 10.1 Å². The molecule has 0 bridgehead atoms. The largest absolute Gasteiger partial charge is 0.481 e. The number of alkyl halides is 3. The van der Waals surface area contributed by atoms with Crippen LogP contribution in [0.5, 0.6) is 5.75 Å². The molecule has 0 aliphatic rings. The highest BCUT2D eigenvalue weighted by Gasteiger charge is 2.34. The number of carbonyl (C=O) groups excluding carboxylic acids is 1. The molecule has 0 saturated carbocycles. The Balaban J connectivity index is 2.64. The van der Waals surface area contributed by atoms with Crippen molar-refractivity contribution in [2.45, 2.75) is 32.5 Å². The molecule has 8 heteroatoms. The van der Waals surface area contributed by atoms with Gasteiger partial charge in [0.25, 0.3) is 5.91 Å². The van der Waals surface area contributed by atoms with E-state index in [1.807, 2.05) is 0 Å². The fourth-order valence-corrected chi connectivity index (χ4v) is 1.84. The summed E-state index contributed by atoms with van der Waals surface area (Å²) in [6.07, 6.45) is -5.84. The first-order chi connectivity index (χ1) is 10.6. The molecule has 0 aliphatic heterocycles. The highest BCUT2D eigenvalue weighted by Crippen LogP contribution is 2.36. The van der Waals surface area contributed by atoms with Crippen molar-refractivity contribution in [3.05, 3.63) is 29.8 Å². The number of benzene rings is 1. The summed E-state index contributed by atoms with van der Waals surface area (Å²) in [5.74, 6) is -2.33. The lowest BCUT2D eigenvalue weighted by Gasteiger charge is -2.19. The molecule has 0 fully saturated rings. The molecule has 1 amide bonds. The molecule has 1 aromatic rings. The molecule has 0 radical (unpaired) electrons. The normalized spacial score (nSPS) is 14.0. The van der Waals surface area contributed by atoms with Crippen molar-refractivity contribution in [3.8, 4) is 5.75 Å². The van der Waals surface area contributed by atoms with Gasteiger partial charge in [0.05, 0.1) is 5.56 Å². The first-order valence-corrected chi connectivity index (χ1v) is 6.93. The van der Waals surface area contributed by atoms with Gasteiger partial charge in [-0.1, -0.05) is 19.1 Å². The molecule has 2 atom stereocenters. The summed E-state index contributed by atoms with van der Waals surface area (Å²) < 4.78 is 43.6. The molecule has 0 heterocycles. The lowest BCUT2D eigenvalue weighted by molar-refractivity contribution is -0.140. The maximum atomic E-state index is 12.8. The van der Waals surface area contributed by atoms with Crippen LogP contribution in [0.3, 0.4) is 0 Å². The first-order valence-electron chi connectivity index (χ1n) is 6.93. The minimum Gasteiger partial charge on any atom is -0.481 e. The molecule has 128 valence electrons. The van der Waals surface area contributed by atoms with Crippen LogP contribution in [-0.4, -0.2) is 29.6 Å². The van der Waals surface area contributed by atoms with Gasteiger partial charge in [0.1, 0.15) is 5.75 Å². The van der Waals surface area contributed by atoms with Crippen LogP contribution in [0.1, 0.15) is 25.8 Å². The zero-order valence-electron chi connectivity index (χ0n) is 12.7. The Hall–Kier alpha value is -2.25. The first kappa shape index (κ1) is 18.8. The van der Waals surface area contributed by atoms with Crippen LogP contribution in [0, 0.1) is 5.92 Å². The molecule has 0 aliphatic carbocycles. The van der Waals surface area contributed by atoms with Crippen molar-refractivity contribution in [1.82, 2.24) is 5.32 Å². The summed E-state index contributed by atoms with van der Waals surface area (Å²) in [7, 11) is 0. The number of carboxylic acid groups (broad SMARTS) is 1. The molecule has 1 rings (SSSR count). The van der Waals surface area contributed by atoms with Crippen LogP contribution in [-0.2, 0) is 15.8 Å². The van der Waals surface area contributed by atoms with Crippen LogP contribution >= 0.6 is 0 Å². The van der Waals surface area contributed by atoms with Crippen LogP contribution in [0.15, 0.2) is 24.3 Å². The summed E-state index contributed by atoms with van der Waals surface area (Å²) in [6, 6.07) is 4.62. The van der Waals surface area contributed by atoms with Crippen LogP contribution in [0.25, 0.3) is 0 Å². The van der Waals surface area contributed by atoms with Gasteiger partial charge in [-0.2, -0.15) is 13.2 Å². The van der Waals surface area contributed by atoms with E-state index in [2.05, 4.69) is 5.32 Å². The maximum absolute atomic E-state index is 12.8. The number of ether oxygens (including phenoxy) is 1. The molecule has 0 saturated heterocycles. The predicted octanol–water partition coefficient (Wildman–Crippen LogP) is 2.70. The Kier molecular flexibility index (Phi) is 6.41. The van der Waals surface area contributed by atoms with Gasteiger partial charge in [0.15, 0.2) is 6.10 Å². The molecular weight excluding hydrogens is 315 g/mol. The van der Waals surface area contributed by atoms with E-state index in [1.165, 1.54) is 19.1 Å². The Labute approximate surface area is 131 Å². The summed E-state index contributed by atoms with van der Waals surface area (Å²) in [5, 5.41) is 11.1. The summed E-state index contributed by atoms with van der Waals surface area (Å²) >= 11 is 0. The zero-order valence-corrected chi connectivity index (χ0v) is 12.7. The predicted molar refractivity (Wildman–Crippen MR) is 76.0 cm³/mol. The highest BCUT2D eigenvalue weighted by atomic mass is 19.4. The summed E-state index contributed by atoms with van der Waals surface area (Å²) in [5.41, 5.74) is -0.959. The molecule has 2 unspecified atom stereocenters. The molecule has 0 aromatic heterocycles. The average molecular weight is 333 g/mol. The fraction of sp³-hybridized carbons (Fsp3) is 0.467. The second-order valence-corrected chi connectivity index (χ2v) is 5.20. The Morgan fingerprint density at radius 3 is 2.43 bits per heavy atom. The summed E-state index contributed by atoms with van der Waals surface area (Å²) in [4.78, 5) is 22.4. The number of para-hydroxylation sites is 1. The monoisotopic (exact) mass is 333 g/mol.